The van der Waals surface area contributed by atoms with Gasteiger partial charge in [-0.15, -0.1) is 0 Å². The molecule has 8 nitrogen and oxygen atoms in total. The zero-order valence-corrected chi connectivity index (χ0v) is 19.9. The van der Waals surface area contributed by atoms with Crippen LogP contribution in [0.15, 0.2) is 42.6 Å². The monoisotopic (exact) mass is 469 g/mol. The van der Waals surface area contributed by atoms with Gasteiger partial charge >= 0.3 is 12.1 Å². The first-order chi connectivity index (χ1) is 16.7. The Morgan fingerprint density at radius 3 is 2.59 bits per heavy atom. The molecule has 2 aliphatic rings. The van der Waals surface area contributed by atoms with Gasteiger partial charge < -0.3 is 19.1 Å². The lowest BCUT2D eigenvalue weighted by Gasteiger charge is -2.41. The Kier molecular flexibility index (Phi) is 8.57. The number of H-pyrrole nitrogens is 1. The molecule has 0 bridgehead atoms. The Bertz CT molecular complexity index is 896. The maximum Gasteiger partial charge on any atom is 0.410 e. The van der Waals surface area contributed by atoms with E-state index in [2.05, 4.69) is 45.3 Å². The number of piperidine rings is 1. The van der Waals surface area contributed by atoms with E-state index in [-0.39, 0.29) is 31.1 Å². The van der Waals surface area contributed by atoms with Gasteiger partial charge in [-0.2, -0.15) is 5.10 Å². The lowest BCUT2D eigenvalue weighted by atomic mass is 9.82. The van der Waals surface area contributed by atoms with E-state index in [1.807, 2.05) is 12.3 Å². The van der Waals surface area contributed by atoms with Crippen LogP contribution in [0.4, 0.5) is 4.79 Å². The summed E-state index contributed by atoms with van der Waals surface area (Å²) in [5.74, 6) is 0.273. The van der Waals surface area contributed by atoms with E-state index in [1.165, 1.54) is 12.7 Å². The van der Waals surface area contributed by atoms with Gasteiger partial charge in [0.2, 0.25) is 0 Å². The molecule has 1 N–H and O–H groups in total. The molecule has 1 saturated carbocycles. The van der Waals surface area contributed by atoms with Crippen molar-refractivity contribution in [2.45, 2.75) is 68.9 Å². The summed E-state index contributed by atoms with van der Waals surface area (Å²) in [6.45, 7) is 1.06. The van der Waals surface area contributed by atoms with Crippen LogP contribution in [0.25, 0.3) is 0 Å². The Balaban J connectivity index is 1.36. The van der Waals surface area contributed by atoms with Crippen LogP contribution in [0.2, 0.25) is 0 Å². The molecule has 2 fully saturated rings. The highest BCUT2D eigenvalue weighted by Crippen LogP contribution is 2.36. The van der Waals surface area contributed by atoms with Gasteiger partial charge in [0.05, 0.1) is 38.0 Å². The molecule has 1 aromatic heterocycles. The number of nitrogens with zero attached hydrogens (tertiary/aromatic N) is 2. The van der Waals surface area contributed by atoms with E-state index in [4.69, 9.17) is 9.47 Å². The molecular formula is C26H35N3O5. The van der Waals surface area contributed by atoms with E-state index in [0.717, 1.165) is 44.2 Å². The third-order valence-electron chi connectivity index (χ3n) is 7.12. The van der Waals surface area contributed by atoms with Crippen molar-refractivity contribution in [1.29, 1.82) is 0 Å². The number of carbonyl (C=O) groups excluding carboxylic acids is 2. The molecule has 1 amide bonds. The number of methoxy groups -OCH3 is 1. The van der Waals surface area contributed by atoms with Crippen molar-refractivity contribution in [1.82, 2.24) is 15.1 Å². The van der Waals surface area contributed by atoms with Crippen LogP contribution in [0.3, 0.4) is 0 Å². The van der Waals surface area contributed by atoms with Gasteiger partial charge in [-0.25, -0.2) is 4.79 Å². The van der Waals surface area contributed by atoms with Gasteiger partial charge in [-0.05, 0) is 56.1 Å². The highest BCUT2D eigenvalue weighted by atomic mass is 16.6. The second-order valence-electron chi connectivity index (χ2n) is 9.17. The van der Waals surface area contributed by atoms with Gasteiger partial charge in [-0.3, -0.25) is 9.89 Å². The number of nitrogens with one attached hydrogen (secondary N) is 1. The van der Waals surface area contributed by atoms with Crippen molar-refractivity contribution in [3.63, 3.8) is 0 Å². The zero-order valence-electron chi connectivity index (χ0n) is 19.9. The first kappa shape index (κ1) is 24.3. The first-order valence-corrected chi connectivity index (χ1v) is 12.3. The van der Waals surface area contributed by atoms with Gasteiger partial charge in [0.15, 0.2) is 0 Å². The lowest BCUT2D eigenvalue weighted by Crippen LogP contribution is -2.50. The molecule has 0 unspecified atom stereocenters. The van der Waals surface area contributed by atoms with Crippen LogP contribution in [0, 0.1) is 0 Å². The van der Waals surface area contributed by atoms with Crippen molar-refractivity contribution in [3.8, 4) is 0 Å². The lowest BCUT2D eigenvalue weighted by molar-refractivity contribution is -0.141. The molecule has 1 saturated heterocycles. The van der Waals surface area contributed by atoms with Crippen LogP contribution in [0.1, 0.15) is 68.0 Å². The van der Waals surface area contributed by atoms with Gasteiger partial charge in [0.1, 0.15) is 6.61 Å². The van der Waals surface area contributed by atoms with Crippen LogP contribution < -0.4 is 0 Å². The Hall–Kier alpha value is -2.87. The number of ether oxygens (including phenoxy) is 3. The molecule has 2 aromatic rings. The fraction of sp³-hybridized carbons (Fsp3) is 0.577. The maximum atomic E-state index is 12.9. The summed E-state index contributed by atoms with van der Waals surface area (Å²) in [5.41, 5.74) is 2.35. The summed E-state index contributed by atoms with van der Waals surface area (Å²) in [5, 5.41) is 7.29. The molecular weight excluding hydrogens is 434 g/mol. The van der Waals surface area contributed by atoms with Crippen LogP contribution >= 0.6 is 0 Å². The van der Waals surface area contributed by atoms with Gasteiger partial charge in [0, 0.05) is 18.7 Å². The van der Waals surface area contributed by atoms with Gasteiger partial charge in [-0.1, -0.05) is 30.3 Å². The Morgan fingerprint density at radius 1 is 1.09 bits per heavy atom. The predicted molar refractivity (Wildman–Crippen MR) is 126 cm³/mol. The summed E-state index contributed by atoms with van der Waals surface area (Å²) < 4.78 is 16.5. The highest BCUT2D eigenvalue weighted by molar-refractivity contribution is 5.71. The van der Waals surface area contributed by atoms with E-state index in [9.17, 15) is 9.59 Å². The summed E-state index contributed by atoms with van der Waals surface area (Å²) in [6.07, 6.45) is 7.70. The minimum atomic E-state index is -0.412. The van der Waals surface area contributed by atoms with Crippen molar-refractivity contribution >= 4 is 12.1 Å². The minimum Gasteiger partial charge on any atom is -0.469 e. The van der Waals surface area contributed by atoms with Crippen molar-refractivity contribution in [2.24, 2.45) is 0 Å². The average molecular weight is 470 g/mol. The molecule has 1 aliphatic heterocycles. The third kappa shape index (κ3) is 6.17. The number of hydrogen-bond donors (Lipinski definition) is 1. The molecule has 0 radical (unpaired) electrons. The normalized spacial score (nSPS) is 25.0. The molecule has 4 rings (SSSR count). The molecule has 2 heterocycles. The molecule has 0 spiro atoms. The number of rotatable bonds is 8. The highest BCUT2D eigenvalue weighted by Gasteiger charge is 2.38. The minimum absolute atomic E-state index is 0.00611. The second-order valence-corrected chi connectivity index (χ2v) is 9.17. The largest absolute Gasteiger partial charge is 0.469 e. The number of amides is 1. The van der Waals surface area contributed by atoms with Crippen LogP contribution in [-0.4, -0.2) is 66.2 Å². The predicted octanol–water partition coefficient (Wildman–Crippen LogP) is 4.40. The fourth-order valence-corrected chi connectivity index (χ4v) is 5.24. The number of esters is 1. The fourth-order valence-electron chi connectivity index (χ4n) is 5.24. The summed E-state index contributed by atoms with van der Waals surface area (Å²) in [7, 11) is 1.32. The average Bonchev–Trinajstić information content (AvgIpc) is 3.43. The standard InChI is InChI=1S/C26H35N3O5/c1-32-25(30)14-17-33-26(31)29-16-5-8-22(23-13-15-27-28-23)24(29)18-34-21-11-9-20(10-12-21)19-6-3-2-4-7-19/h2-4,6-7,13,15,20-22,24H,5,8-12,14,16-18H2,1H3,(H,27,28)/t20-,21+,22-,24+/m1/s1. The quantitative estimate of drug-likeness (QED) is 0.576. The number of benzene rings is 1. The number of aromatic nitrogens is 2. The molecule has 1 aromatic carbocycles. The molecule has 34 heavy (non-hydrogen) atoms. The number of hydrogen-bond acceptors (Lipinski definition) is 6. The smallest absolute Gasteiger partial charge is 0.410 e. The van der Waals surface area contributed by atoms with Crippen molar-refractivity contribution in [3.05, 3.63) is 53.9 Å². The third-order valence-corrected chi connectivity index (χ3v) is 7.12. The topological polar surface area (TPSA) is 93.8 Å². The zero-order chi connectivity index (χ0) is 23.8. The summed E-state index contributed by atoms with van der Waals surface area (Å²) in [4.78, 5) is 26.0. The van der Waals surface area contributed by atoms with E-state index >= 15 is 0 Å². The van der Waals surface area contributed by atoms with Crippen molar-refractivity contribution < 1.29 is 23.8 Å². The SMILES string of the molecule is COC(=O)CCOC(=O)N1CCC[C@H](c2cc[nH]n2)[C@@H]1CO[C@H]1CC[C@@H](c2ccccc2)CC1. The maximum absolute atomic E-state index is 12.9. The Morgan fingerprint density at radius 2 is 1.88 bits per heavy atom. The van der Waals surface area contributed by atoms with Crippen molar-refractivity contribution in [2.75, 3.05) is 26.9 Å². The number of aromatic amines is 1. The number of carbonyl (C=O) groups is 2. The molecule has 8 heteroatoms. The van der Waals surface area contributed by atoms with Crippen LogP contribution in [0.5, 0.6) is 0 Å². The van der Waals surface area contributed by atoms with E-state index in [1.54, 1.807) is 4.90 Å². The second kappa shape index (κ2) is 12.0. The number of likely N-dealkylation sites (tertiary alicyclic amines) is 1. The summed E-state index contributed by atoms with van der Waals surface area (Å²) in [6, 6.07) is 12.5. The molecule has 2 atom stereocenters. The van der Waals surface area contributed by atoms with E-state index in [0.29, 0.717) is 19.1 Å². The molecule has 184 valence electrons. The first-order valence-electron chi connectivity index (χ1n) is 12.3. The van der Waals surface area contributed by atoms with Gasteiger partial charge in [0.25, 0.3) is 0 Å². The van der Waals surface area contributed by atoms with Crippen LogP contribution in [-0.2, 0) is 19.0 Å². The van der Waals surface area contributed by atoms with E-state index < -0.39 is 12.1 Å². The summed E-state index contributed by atoms with van der Waals surface area (Å²) >= 11 is 0. The molecule has 1 aliphatic carbocycles. The Labute approximate surface area is 201 Å².